The second-order valence-corrected chi connectivity index (χ2v) is 10.4. The maximum Gasteiger partial charge on any atom is 0.149 e. The zero-order chi connectivity index (χ0) is 24.9. The van der Waals surface area contributed by atoms with Crippen molar-refractivity contribution >= 4 is 40.9 Å². The van der Waals surface area contributed by atoms with Crippen LogP contribution < -0.4 is 5.32 Å². The normalized spacial score (nSPS) is 11.1. The van der Waals surface area contributed by atoms with E-state index >= 15 is 0 Å². The quantitative estimate of drug-likeness (QED) is 0.200. The first-order valence-electron chi connectivity index (χ1n) is 11.5. The second kappa shape index (κ2) is 15.3. The van der Waals surface area contributed by atoms with Gasteiger partial charge in [0.25, 0.3) is 0 Å². The van der Waals surface area contributed by atoms with Crippen LogP contribution in [0.2, 0.25) is 5.02 Å². The minimum atomic E-state index is 0.545. The molecule has 3 heterocycles. The van der Waals surface area contributed by atoms with Crippen LogP contribution in [0.3, 0.4) is 0 Å². The number of thioether (sulfide) groups is 2. The first-order chi connectivity index (χ1) is 17.0. The summed E-state index contributed by atoms with van der Waals surface area (Å²) >= 11 is 9.97. The molecule has 35 heavy (non-hydrogen) atoms. The average Bonchev–Trinajstić information content (AvgIpc) is 2.86. The smallest absolute Gasteiger partial charge is 0.149 e. The van der Waals surface area contributed by atoms with Gasteiger partial charge in [-0.3, -0.25) is 9.97 Å². The number of nitrogens with zero attached hydrogens (tertiary/aromatic N) is 4. The van der Waals surface area contributed by atoms with Crippen molar-refractivity contribution in [3.8, 4) is 0 Å². The number of aromatic nitrogens is 4. The molecular formula is C25H32ClN5O2S2. The van der Waals surface area contributed by atoms with Crippen molar-refractivity contribution in [2.45, 2.75) is 38.0 Å². The number of pyridine rings is 2. The molecule has 10 heteroatoms. The summed E-state index contributed by atoms with van der Waals surface area (Å²) in [6.45, 7) is 9.01. The fourth-order valence-electron chi connectivity index (χ4n) is 3.20. The van der Waals surface area contributed by atoms with Crippen LogP contribution in [-0.4, -0.2) is 57.9 Å². The van der Waals surface area contributed by atoms with E-state index in [2.05, 4.69) is 32.2 Å². The van der Waals surface area contributed by atoms with Crippen LogP contribution in [0.5, 0.6) is 0 Å². The van der Waals surface area contributed by atoms with E-state index in [1.807, 2.05) is 62.4 Å². The lowest BCUT2D eigenvalue weighted by molar-refractivity contribution is 0.0605. The predicted octanol–water partition coefficient (Wildman–Crippen LogP) is 5.52. The van der Waals surface area contributed by atoms with E-state index in [0.717, 1.165) is 40.8 Å². The van der Waals surface area contributed by atoms with Gasteiger partial charge in [0.2, 0.25) is 0 Å². The van der Waals surface area contributed by atoms with Gasteiger partial charge >= 0.3 is 0 Å². The molecule has 0 fully saturated rings. The molecule has 7 nitrogen and oxygen atoms in total. The van der Waals surface area contributed by atoms with Crippen molar-refractivity contribution in [3.63, 3.8) is 0 Å². The lowest BCUT2D eigenvalue weighted by Crippen LogP contribution is -2.09. The van der Waals surface area contributed by atoms with Crippen molar-refractivity contribution in [1.29, 1.82) is 0 Å². The number of halogens is 1. The fraction of sp³-hybridized carbons (Fsp3) is 0.440. The molecule has 0 amide bonds. The highest BCUT2D eigenvalue weighted by Gasteiger charge is 2.10. The largest absolute Gasteiger partial charge is 0.378 e. The highest BCUT2D eigenvalue weighted by atomic mass is 35.5. The Bertz CT molecular complexity index is 1060. The van der Waals surface area contributed by atoms with Crippen molar-refractivity contribution in [2.75, 3.05) is 43.3 Å². The predicted molar refractivity (Wildman–Crippen MR) is 146 cm³/mol. The fourth-order valence-corrected chi connectivity index (χ4v) is 5.07. The van der Waals surface area contributed by atoms with E-state index in [1.54, 1.807) is 11.8 Å². The molecule has 0 atom stereocenters. The SMILES string of the molecule is Cc1nc(C)c(Cl)c(NCc2nccc(SCCOCCOCCSCc3ccncc3)c2C)n1. The third kappa shape index (κ3) is 9.57. The highest BCUT2D eigenvalue weighted by Crippen LogP contribution is 2.26. The Morgan fingerprint density at radius 2 is 1.66 bits per heavy atom. The summed E-state index contributed by atoms with van der Waals surface area (Å²) in [5.74, 6) is 4.15. The summed E-state index contributed by atoms with van der Waals surface area (Å²) in [5, 5.41) is 3.84. The molecule has 0 saturated heterocycles. The summed E-state index contributed by atoms with van der Waals surface area (Å²) in [6.07, 6.45) is 5.49. The van der Waals surface area contributed by atoms with Crippen LogP contribution >= 0.6 is 35.1 Å². The summed E-state index contributed by atoms with van der Waals surface area (Å²) in [7, 11) is 0. The molecule has 3 rings (SSSR count). The number of nitrogens with one attached hydrogen (secondary N) is 1. The number of rotatable bonds is 15. The maximum absolute atomic E-state index is 6.34. The summed E-state index contributed by atoms with van der Waals surface area (Å²) in [4.78, 5) is 18.4. The van der Waals surface area contributed by atoms with Crippen LogP contribution in [0.1, 0.15) is 28.3 Å². The van der Waals surface area contributed by atoms with Crippen molar-refractivity contribution < 1.29 is 9.47 Å². The number of aryl methyl sites for hydroxylation is 2. The Hall–Kier alpha value is -1.91. The first-order valence-corrected chi connectivity index (χ1v) is 14.0. The second-order valence-electron chi connectivity index (χ2n) is 7.73. The van der Waals surface area contributed by atoms with E-state index in [9.17, 15) is 0 Å². The van der Waals surface area contributed by atoms with Crippen molar-refractivity contribution in [3.05, 3.63) is 70.2 Å². The molecule has 0 aromatic carbocycles. The van der Waals surface area contributed by atoms with Gasteiger partial charge in [-0.1, -0.05) is 11.6 Å². The van der Waals surface area contributed by atoms with Gasteiger partial charge in [-0.25, -0.2) is 9.97 Å². The average molecular weight is 534 g/mol. The maximum atomic E-state index is 6.34. The molecule has 0 aliphatic rings. The molecule has 0 bridgehead atoms. The topological polar surface area (TPSA) is 82.1 Å². The molecule has 3 aromatic rings. The molecule has 0 spiro atoms. The summed E-state index contributed by atoms with van der Waals surface area (Å²) in [5.41, 5.74) is 4.17. The molecule has 0 aliphatic carbocycles. The Kier molecular flexibility index (Phi) is 12.1. The minimum absolute atomic E-state index is 0.545. The van der Waals surface area contributed by atoms with Gasteiger partial charge in [-0.2, -0.15) is 11.8 Å². The minimum Gasteiger partial charge on any atom is -0.378 e. The highest BCUT2D eigenvalue weighted by molar-refractivity contribution is 7.99. The van der Waals surface area contributed by atoms with E-state index < -0.39 is 0 Å². The lowest BCUT2D eigenvalue weighted by Gasteiger charge is -2.13. The molecular weight excluding hydrogens is 502 g/mol. The standard InChI is InChI=1S/C25H32ClN5O2S2/c1-18-22(16-29-25-24(26)19(2)30-20(3)31-25)28-9-6-23(18)35-15-13-33-11-10-32-12-14-34-17-21-4-7-27-8-5-21/h4-9H,10-17H2,1-3H3,(H,29,30,31). The molecule has 3 aromatic heterocycles. The Morgan fingerprint density at radius 1 is 0.914 bits per heavy atom. The number of ether oxygens (including phenoxy) is 2. The third-order valence-electron chi connectivity index (χ3n) is 5.06. The van der Waals surface area contributed by atoms with Gasteiger partial charge in [0.05, 0.1) is 44.4 Å². The summed E-state index contributed by atoms with van der Waals surface area (Å²) in [6, 6.07) is 6.13. The summed E-state index contributed by atoms with van der Waals surface area (Å²) < 4.78 is 11.4. The molecule has 0 unspecified atom stereocenters. The van der Waals surface area contributed by atoms with Gasteiger partial charge in [-0.05, 0) is 50.1 Å². The van der Waals surface area contributed by atoms with Crippen molar-refractivity contribution in [2.24, 2.45) is 0 Å². The van der Waals surface area contributed by atoms with E-state index in [0.29, 0.717) is 43.0 Å². The van der Waals surface area contributed by atoms with E-state index in [1.165, 1.54) is 10.5 Å². The third-order valence-corrected chi connectivity index (χ3v) is 7.63. The van der Waals surface area contributed by atoms with Gasteiger partial charge < -0.3 is 14.8 Å². The van der Waals surface area contributed by atoms with Gasteiger partial charge in [0, 0.05) is 40.7 Å². The lowest BCUT2D eigenvalue weighted by atomic mass is 10.2. The molecule has 1 N–H and O–H groups in total. The zero-order valence-electron chi connectivity index (χ0n) is 20.4. The van der Waals surface area contributed by atoms with Gasteiger partial charge in [0.1, 0.15) is 16.7 Å². The first kappa shape index (κ1) is 27.7. The van der Waals surface area contributed by atoms with Gasteiger partial charge in [-0.15, -0.1) is 11.8 Å². The monoisotopic (exact) mass is 533 g/mol. The zero-order valence-corrected chi connectivity index (χ0v) is 22.8. The van der Waals surface area contributed by atoms with Crippen LogP contribution in [0.4, 0.5) is 5.82 Å². The number of hydrogen-bond acceptors (Lipinski definition) is 9. The molecule has 0 aliphatic heterocycles. The Morgan fingerprint density at radius 3 is 2.43 bits per heavy atom. The Balaban J connectivity index is 1.28. The van der Waals surface area contributed by atoms with Crippen LogP contribution in [0.15, 0.2) is 41.7 Å². The van der Waals surface area contributed by atoms with E-state index in [4.69, 9.17) is 21.1 Å². The number of hydrogen-bond donors (Lipinski definition) is 1. The van der Waals surface area contributed by atoms with Crippen molar-refractivity contribution in [1.82, 2.24) is 19.9 Å². The molecule has 0 saturated carbocycles. The number of anilines is 1. The molecule has 0 radical (unpaired) electrons. The van der Waals surface area contributed by atoms with Gasteiger partial charge in [0.15, 0.2) is 0 Å². The van der Waals surface area contributed by atoms with Crippen LogP contribution in [0, 0.1) is 20.8 Å². The van der Waals surface area contributed by atoms with E-state index in [-0.39, 0.29) is 0 Å². The Labute approximate surface area is 221 Å². The molecule has 188 valence electrons. The van der Waals surface area contributed by atoms with Crippen LogP contribution in [-0.2, 0) is 21.8 Å². The van der Waals surface area contributed by atoms with Crippen LogP contribution in [0.25, 0.3) is 0 Å².